The Hall–Kier alpha value is -2.61. The second-order valence-corrected chi connectivity index (χ2v) is 10.6. The van der Waals surface area contributed by atoms with E-state index in [-0.39, 0.29) is 30.8 Å². The van der Waals surface area contributed by atoms with Gasteiger partial charge in [0.15, 0.2) is 0 Å². The van der Waals surface area contributed by atoms with Gasteiger partial charge in [-0.25, -0.2) is 4.79 Å². The van der Waals surface area contributed by atoms with Crippen LogP contribution in [0.25, 0.3) is 0 Å². The third-order valence-electron chi connectivity index (χ3n) is 8.63. The second-order valence-electron chi connectivity index (χ2n) is 10.6. The molecule has 1 aliphatic carbocycles. The molecule has 5 aliphatic rings. The molecule has 0 saturated carbocycles. The quantitative estimate of drug-likeness (QED) is 0.533. The van der Waals surface area contributed by atoms with E-state index >= 15 is 0 Å². The number of nitrogens with zero attached hydrogens (tertiary/aromatic N) is 3. The SMILES string of the molecule is O=C1N[C@@H](CCC(=O)N2CCCC3=C[C@H]4C[C@@H](CN5CCCC[C@@H]45)[C@H]32)C(=O)N1Cc1ccco1. The molecule has 2 bridgehead atoms. The van der Waals surface area contributed by atoms with Crippen molar-refractivity contribution < 1.29 is 18.8 Å². The van der Waals surface area contributed by atoms with E-state index in [9.17, 15) is 14.4 Å². The maximum atomic E-state index is 13.4. The number of hydrogen-bond acceptors (Lipinski definition) is 5. The van der Waals surface area contributed by atoms with E-state index in [2.05, 4.69) is 21.2 Å². The lowest BCUT2D eigenvalue weighted by Crippen LogP contribution is -2.60. The highest BCUT2D eigenvalue weighted by Gasteiger charge is 2.47. The molecule has 5 atom stereocenters. The van der Waals surface area contributed by atoms with Crippen molar-refractivity contribution in [2.24, 2.45) is 11.8 Å². The Labute approximate surface area is 200 Å². The summed E-state index contributed by atoms with van der Waals surface area (Å²) in [7, 11) is 0. The smallest absolute Gasteiger partial charge is 0.325 e. The molecule has 0 aromatic carbocycles. The van der Waals surface area contributed by atoms with Gasteiger partial charge in [-0.15, -0.1) is 0 Å². The Morgan fingerprint density at radius 1 is 1.18 bits per heavy atom. The fourth-order valence-electron chi connectivity index (χ4n) is 7.15. The van der Waals surface area contributed by atoms with Crippen LogP contribution in [0.5, 0.6) is 0 Å². The van der Waals surface area contributed by atoms with Gasteiger partial charge in [-0.05, 0) is 69.0 Å². The van der Waals surface area contributed by atoms with Gasteiger partial charge < -0.3 is 14.6 Å². The number of carbonyl (C=O) groups excluding carboxylic acids is 3. The summed E-state index contributed by atoms with van der Waals surface area (Å²) < 4.78 is 5.28. The van der Waals surface area contributed by atoms with Crippen LogP contribution < -0.4 is 5.32 Å². The van der Waals surface area contributed by atoms with Gasteiger partial charge in [0.1, 0.15) is 11.8 Å². The summed E-state index contributed by atoms with van der Waals surface area (Å²) in [6.07, 6.45) is 11.9. The van der Waals surface area contributed by atoms with Gasteiger partial charge in [0.2, 0.25) is 5.91 Å². The molecule has 4 amide bonds. The largest absolute Gasteiger partial charge is 0.467 e. The van der Waals surface area contributed by atoms with Crippen LogP contribution in [0.15, 0.2) is 34.5 Å². The standard InChI is InChI=1S/C26H34N4O4/c31-23(9-8-21-25(32)30(26(33)27-21)16-20-6-4-12-34-20)29-11-3-5-17-13-18-14-19(24(17)29)15-28-10-2-1-7-22(18)28/h4,6,12-13,18-19,21-22,24H,1-3,5,7-11,14-16H2,(H,27,33)/t18-,19-,21-,22-,24-/m0/s1. The van der Waals surface area contributed by atoms with Crippen LogP contribution in [-0.2, 0) is 16.1 Å². The molecular formula is C26H34N4O4. The Kier molecular flexibility index (Phi) is 5.71. The van der Waals surface area contributed by atoms with Crippen molar-refractivity contribution in [2.75, 3.05) is 19.6 Å². The van der Waals surface area contributed by atoms with E-state index in [0.717, 1.165) is 25.9 Å². The van der Waals surface area contributed by atoms with Crippen molar-refractivity contribution >= 4 is 17.8 Å². The number of piperidine rings is 3. The van der Waals surface area contributed by atoms with Crippen LogP contribution in [0.3, 0.4) is 0 Å². The average molecular weight is 467 g/mol. The number of urea groups is 1. The molecule has 34 heavy (non-hydrogen) atoms. The highest BCUT2D eigenvalue weighted by Crippen LogP contribution is 2.45. The third-order valence-corrected chi connectivity index (χ3v) is 8.63. The van der Waals surface area contributed by atoms with Crippen LogP contribution in [0.2, 0.25) is 0 Å². The molecular weight excluding hydrogens is 432 g/mol. The van der Waals surface area contributed by atoms with E-state index < -0.39 is 12.1 Å². The average Bonchev–Trinajstić information content (AvgIpc) is 3.46. The van der Waals surface area contributed by atoms with Crippen LogP contribution in [0, 0.1) is 11.8 Å². The highest BCUT2D eigenvalue weighted by molar-refractivity contribution is 6.04. The first kappa shape index (κ1) is 21.9. The summed E-state index contributed by atoms with van der Waals surface area (Å²) >= 11 is 0. The summed E-state index contributed by atoms with van der Waals surface area (Å²) in [6, 6.07) is 3.32. The van der Waals surface area contributed by atoms with E-state index in [1.807, 2.05) is 0 Å². The maximum absolute atomic E-state index is 13.4. The van der Waals surface area contributed by atoms with Crippen molar-refractivity contribution in [1.29, 1.82) is 0 Å². The lowest BCUT2D eigenvalue weighted by molar-refractivity contribution is -0.136. The minimum absolute atomic E-state index is 0.112. The van der Waals surface area contributed by atoms with E-state index in [1.54, 1.807) is 12.1 Å². The number of carbonyl (C=O) groups is 3. The van der Waals surface area contributed by atoms with Crippen molar-refractivity contribution in [2.45, 2.75) is 76.0 Å². The maximum Gasteiger partial charge on any atom is 0.325 e. The molecule has 8 heteroatoms. The van der Waals surface area contributed by atoms with Gasteiger partial charge in [-0.2, -0.15) is 0 Å². The molecule has 8 nitrogen and oxygen atoms in total. The van der Waals surface area contributed by atoms with Gasteiger partial charge in [0, 0.05) is 25.6 Å². The first-order valence-corrected chi connectivity index (χ1v) is 13.0. The van der Waals surface area contributed by atoms with Crippen molar-refractivity contribution in [3.63, 3.8) is 0 Å². The summed E-state index contributed by atoms with van der Waals surface area (Å²) in [5.41, 5.74) is 1.47. The molecule has 4 fully saturated rings. The van der Waals surface area contributed by atoms with Crippen LogP contribution in [-0.4, -0.2) is 70.3 Å². The van der Waals surface area contributed by atoms with Crippen molar-refractivity contribution in [1.82, 2.24) is 20.0 Å². The Morgan fingerprint density at radius 3 is 2.94 bits per heavy atom. The monoisotopic (exact) mass is 466 g/mol. The molecule has 6 rings (SSSR count). The van der Waals surface area contributed by atoms with Gasteiger partial charge in [0.05, 0.1) is 18.8 Å². The normalized spacial score (nSPS) is 33.3. The van der Waals surface area contributed by atoms with Gasteiger partial charge in [-0.3, -0.25) is 19.4 Å². The Morgan fingerprint density at radius 2 is 2.09 bits per heavy atom. The Bertz CT molecular complexity index is 989. The van der Waals surface area contributed by atoms with Crippen LogP contribution >= 0.6 is 0 Å². The van der Waals surface area contributed by atoms with Gasteiger partial charge in [-0.1, -0.05) is 18.1 Å². The molecule has 1 aromatic rings. The van der Waals surface area contributed by atoms with E-state index in [1.165, 1.54) is 49.0 Å². The van der Waals surface area contributed by atoms with Crippen LogP contribution in [0.1, 0.15) is 57.1 Å². The molecule has 0 spiro atoms. The molecule has 4 saturated heterocycles. The lowest BCUT2D eigenvalue weighted by atomic mass is 9.68. The first-order valence-electron chi connectivity index (χ1n) is 13.0. The lowest BCUT2D eigenvalue weighted by Gasteiger charge is -2.54. The number of fused-ring (bicyclic) bond motifs is 6. The molecule has 0 unspecified atom stereocenters. The first-order chi connectivity index (χ1) is 16.6. The molecule has 1 aromatic heterocycles. The molecule has 5 heterocycles. The van der Waals surface area contributed by atoms with Gasteiger partial charge in [0.25, 0.3) is 5.91 Å². The highest BCUT2D eigenvalue weighted by atomic mass is 16.3. The fourth-order valence-corrected chi connectivity index (χ4v) is 7.15. The topological polar surface area (TPSA) is 86.1 Å². The number of imide groups is 1. The number of furan rings is 1. The number of rotatable bonds is 5. The molecule has 4 aliphatic heterocycles. The minimum atomic E-state index is -0.647. The number of hydrogen-bond donors (Lipinski definition) is 1. The van der Waals surface area contributed by atoms with E-state index in [4.69, 9.17) is 4.42 Å². The number of likely N-dealkylation sites (tertiary alicyclic amines) is 1. The molecule has 0 radical (unpaired) electrons. The fraction of sp³-hybridized carbons (Fsp3) is 0.654. The summed E-state index contributed by atoms with van der Waals surface area (Å²) in [5, 5.41) is 2.75. The zero-order valence-corrected chi connectivity index (χ0v) is 19.7. The Balaban J connectivity index is 1.11. The summed E-state index contributed by atoms with van der Waals surface area (Å²) in [4.78, 5) is 44.5. The molecule has 1 N–H and O–H groups in total. The van der Waals surface area contributed by atoms with Crippen molar-refractivity contribution in [3.05, 3.63) is 35.8 Å². The van der Waals surface area contributed by atoms with Crippen LogP contribution in [0.4, 0.5) is 4.79 Å². The predicted octanol–water partition coefficient (Wildman–Crippen LogP) is 2.90. The summed E-state index contributed by atoms with van der Waals surface area (Å²) in [5.74, 6) is 1.55. The van der Waals surface area contributed by atoms with E-state index in [0.29, 0.717) is 30.1 Å². The van der Waals surface area contributed by atoms with Gasteiger partial charge >= 0.3 is 6.03 Å². The predicted molar refractivity (Wildman–Crippen MR) is 124 cm³/mol. The third kappa shape index (κ3) is 3.85. The number of nitrogens with one attached hydrogen (secondary N) is 1. The molecule has 182 valence electrons. The minimum Gasteiger partial charge on any atom is -0.467 e. The van der Waals surface area contributed by atoms with Crippen molar-refractivity contribution in [3.8, 4) is 0 Å². The summed E-state index contributed by atoms with van der Waals surface area (Å²) in [6.45, 7) is 3.21. The number of amides is 4. The zero-order chi connectivity index (χ0) is 23.2. The zero-order valence-electron chi connectivity index (χ0n) is 19.7. The second kappa shape index (κ2) is 8.87.